The molecule has 0 saturated carbocycles. The number of piperidine rings is 1. The smallest absolute Gasteiger partial charge is 0.252 e. The average molecular weight is 376 g/mol. The van der Waals surface area contributed by atoms with Crippen LogP contribution in [0, 0.1) is 0 Å². The van der Waals surface area contributed by atoms with Crippen molar-refractivity contribution in [1.29, 1.82) is 0 Å². The van der Waals surface area contributed by atoms with E-state index < -0.39 is 12.2 Å². The Kier molecular flexibility index (Phi) is 7.50. The number of carbonyl (C=O) groups excluding carboxylic acids is 1. The van der Waals surface area contributed by atoms with Gasteiger partial charge in [0.05, 0.1) is 19.3 Å². The molecule has 6 nitrogen and oxygen atoms in total. The van der Waals surface area contributed by atoms with E-state index in [-0.39, 0.29) is 12.0 Å². The van der Waals surface area contributed by atoms with Crippen molar-refractivity contribution in [2.75, 3.05) is 26.7 Å². The number of likely N-dealkylation sites (tertiary alicyclic amines) is 1. The molecule has 3 rings (SSSR count). The number of rotatable bonds is 7. The summed E-state index contributed by atoms with van der Waals surface area (Å²) >= 11 is 0. The van der Waals surface area contributed by atoms with Crippen molar-refractivity contribution >= 4 is 5.91 Å². The van der Waals surface area contributed by atoms with Gasteiger partial charge in [0.25, 0.3) is 5.91 Å². The molecule has 2 aliphatic rings. The van der Waals surface area contributed by atoms with Crippen LogP contribution in [0.5, 0.6) is 5.75 Å². The van der Waals surface area contributed by atoms with E-state index in [0.717, 1.165) is 30.7 Å². The summed E-state index contributed by atoms with van der Waals surface area (Å²) in [7, 11) is 1.63. The molecule has 3 atom stereocenters. The summed E-state index contributed by atoms with van der Waals surface area (Å²) in [6.07, 6.45) is 4.79. The summed E-state index contributed by atoms with van der Waals surface area (Å²) in [5.41, 5.74) is 0.982. The van der Waals surface area contributed by atoms with Gasteiger partial charge in [-0.05, 0) is 62.9 Å². The number of benzene rings is 1. The van der Waals surface area contributed by atoms with E-state index in [1.807, 2.05) is 24.3 Å². The van der Waals surface area contributed by atoms with E-state index in [1.54, 1.807) is 7.11 Å². The van der Waals surface area contributed by atoms with Crippen LogP contribution in [0.1, 0.15) is 44.1 Å². The minimum atomic E-state index is -0.775. The fourth-order valence-corrected chi connectivity index (χ4v) is 3.87. The standard InChI is InChI=1S/C21H32N2O4/c1-26-17-7-5-16(6-8-17)15-22-21(25)20-19(24)10-9-18(27-20)11-14-23-12-3-2-4-13-23/h5-8,18-20,24H,2-4,9-15H2,1H3,(H,22,25)/t18-,19-,20+/m0/s1. The first kappa shape index (κ1) is 20.1. The molecule has 1 aromatic rings. The fraction of sp³-hybridized carbons (Fsp3) is 0.667. The van der Waals surface area contributed by atoms with Gasteiger partial charge in [0.1, 0.15) is 5.75 Å². The predicted molar refractivity (Wildman–Crippen MR) is 104 cm³/mol. The molecule has 2 N–H and O–H groups in total. The number of hydrogen-bond donors (Lipinski definition) is 2. The van der Waals surface area contributed by atoms with Gasteiger partial charge in [-0.1, -0.05) is 18.6 Å². The molecular formula is C21H32N2O4. The van der Waals surface area contributed by atoms with Gasteiger partial charge in [-0.3, -0.25) is 4.79 Å². The van der Waals surface area contributed by atoms with Gasteiger partial charge in [0.2, 0.25) is 0 Å². The first-order valence-electron chi connectivity index (χ1n) is 10.1. The molecule has 0 spiro atoms. The van der Waals surface area contributed by atoms with E-state index in [1.165, 1.54) is 32.4 Å². The first-order valence-corrected chi connectivity index (χ1v) is 10.1. The lowest BCUT2D eigenvalue weighted by molar-refractivity contribution is -0.158. The van der Waals surface area contributed by atoms with Gasteiger partial charge in [0, 0.05) is 13.1 Å². The number of nitrogens with one attached hydrogen (secondary N) is 1. The third kappa shape index (κ3) is 5.92. The molecule has 2 heterocycles. The molecule has 0 aliphatic carbocycles. The zero-order valence-corrected chi connectivity index (χ0v) is 16.2. The number of ether oxygens (including phenoxy) is 2. The fourth-order valence-electron chi connectivity index (χ4n) is 3.87. The summed E-state index contributed by atoms with van der Waals surface area (Å²) in [5, 5.41) is 13.1. The molecule has 27 heavy (non-hydrogen) atoms. The Hall–Kier alpha value is -1.63. The van der Waals surface area contributed by atoms with Gasteiger partial charge in [0.15, 0.2) is 6.10 Å². The van der Waals surface area contributed by atoms with Crippen molar-refractivity contribution in [3.8, 4) is 5.75 Å². The lowest BCUT2D eigenvalue weighted by atomic mass is 9.98. The van der Waals surface area contributed by atoms with E-state index >= 15 is 0 Å². The Morgan fingerprint density at radius 2 is 1.96 bits per heavy atom. The maximum absolute atomic E-state index is 12.5. The highest BCUT2D eigenvalue weighted by atomic mass is 16.5. The molecule has 0 radical (unpaired) electrons. The van der Waals surface area contributed by atoms with Crippen molar-refractivity contribution < 1.29 is 19.4 Å². The summed E-state index contributed by atoms with van der Waals surface area (Å²) in [6.45, 7) is 3.76. The number of nitrogens with zero attached hydrogens (tertiary/aromatic N) is 1. The first-order chi connectivity index (χ1) is 13.2. The van der Waals surface area contributed by atoms with Gasteiger partial charge in [-0.15, -0.1) is 0 Å². The number of methoxy groups -OCH3 is 1. The summed E-state index contributed by atoms with van der Waals surface area (Å²) in [6, 6.07) is 7.56. The number of carbonyl (C=O) groups is 1. The molecule has 2 aliphatic heterocycles. The molecule has 1 aromatic carbocycles. The van der Waals surface area contributed by atoms with Crippen LogP contribution in [-0.4, -0.2) is 61.0 Å². The maximum Gasteiger partial charge on any atom is 0.252 e. The molecule has 1 amide bonds. The van der Waals surface area contributed by atoms with Crippen LogP contribution in [-0.2, 0) is 16.1 Å². The lowest BCUT2D eigenvalue weighted by Crippen LogP contribution is -2.49. The van der Waals surface area contributed by atoms with E-state index in [9.17, 15) is 9.90 Å². The average Bonchev–Trinajstić information content (AvgIpc) is 2.72. The van der Waals surface area contributed by atoms with E-state index in [2.05, 4.69) is 10.2 Å². The maximum atomic E-state index is 12.5. The molecule has 2 fully saturated rings. The zero-order chi connectivity index (χ0) is 19.1. The lowest BCUT2D eigenvalue weighted by Gasteiger charge is -2.34. The summed E-state index contributed by atoms with van der Waals surface area (Å²) in [5.74, 6) is 0.550. The number of amides is 1. The SMILES string of the molecule is COc1ccc(CNC(=O)[C@@H]2O[C@H](CCN3CCCCC3)CC[C@@H]2O)cc1. The van der Waals surface area contributed by atoms with E-state index in [0.29, 0.717) is 13.0 Å². The van der Waals surface area contributed by atoms with Crippen molar-refractivity contribution in [2.24, 2.45) is 0 Å². The normalized spacial score (nSPS) is 26.5. The highest BCUT2D eigenvalue weighted by Crippen LogP contribution is 2.23. The third-order valence-corrected chi connectivity index (χ3v) is 5.57. The topological polar surface area (TPSA) is 71.0 Å². The highest BCUT2D eigenvalue weighted by Gasteiger charge is 2.35. The van der Waals surface area contributed by atoms with Crippen LogP contribution in [0.3, 0.4) is 0 Å². The van der Waals surface area contributed by atoms with Crippen LogP contribution in [0.4, 0.5) is 0 Å². The Balaban J connectivity index is 1.45. The zero-order valence-electron chi connectivity index (χ0n) is 16.2. The number of hydrogen-bond acceptors (Lipinski definition) is 5. The summed E-state index contributed by atoms with van der Waals surface area (Å²) < 4.78 is 11.1. The minimum Gasteiger partial charge on any atom is -0.497 e. The molecule has 0 aromatic heterocycles. The molecule has 6 heteroatoms. The Bertz CT molecular complexity index is 586. The Morgan fingerprint density at radius 1 is 1.22 bits per heavy atom. The molecule has 2 saturated heterocycles. The Morgan fingerprint density at radius 3 is 2.67 bits per heavy atom. The van der Waals surface area contributed by atoms with Crippen molar-refractivity contribution in [2.45, 2.75) is 63.4 Å². The van der Waals surface area contributed by atoms with Crippen molar-refractivity contribution in [1.82, 2.24) is 10.2 Å². The second kappa shape index (κ2) is 10.1. The number of aliphatic hydroxyl groups excluding tert-OH is 1. The quantitative estimate of drug-likeness (QED) is 0.763. The van der Waals surface area contributed by atoms with Crippen LogP contribution >= 0.6 is 0 Å². The summed E-state index contributed by atoms with van der Waals surface area (Å²) in [4.78, 5) is 15.0. The van der Waals surface area contributed by atoms with Gasteiger partial charge in [-0.2, -0.15) is 0 Å². The van der Waals surface area contributed by atoms with E-state index in [4.69, 9.17) is 9.47 Å². The van der Waals surface area contributed by atoms with Crippen molar-refractivity contribution in [3.63, 3.8) is 0 Å². The second-order valence-electron chi connectivity index (χ2n) is 7.58. The van der Waals surface area contributed by atoms with Gasteiger partial charge >= 0.3 is 0 Å². The Labute approximate surface area is 161 Å². The third-order valence-electron chi connectivity index (χ3n) is 5.57. The van der Waals surface area contributed by atoms with Gasteiger partial charge < -0.3 is 24.8 Å². The number of aliphatic hydroxyl groups is 1. The highest BCUT2D eigenvalue weighted by molar-refractivity contribution is 5.81. The second-order valence-corrected chi connectivity index (χ2v) is 7.58. The van der Waals surface area contributed by atoms with Crippen LogP contribution in [0.2, 0.25) is 0 Å². The van der Waals surface area contributed by atoms with Crippen LogP contribution in [0.25, 0.3) is 0 Å². The molecular weight excluding hydrogens is 344 g/mol. The monoisotopic (exact) mass is 376 g/mol. The largest absolute Gasteiger partial charge is 0.497 e. The van der Waals surface area contributed by atoms with Crippen molar-refractivity contribution in [3.05, 3.63) is 29.8 Å². The van der Waals surface area contributed by atoms with Crippen LogP contribution in [0.15, 0.2) is 24.3 Å². The minimum absolute atomic E-state index is 0.0482. The molecule has 0 unspecified atom stereocenters. The van der Waals surface area contributed by atoms with Gasteiger partial charge in [-0.25, -0.2) is 0 Å². The molecule has 0 bridgehead atoms. The predicted octanol–water partition coefficient (Wildman–Crippen LogP) is 2.10. The molecule has 150 valence electrons. The van der Waals surface area contributed by atoms with Crippen LogP contribution < -0.4 is 10.1 Å².